The Labute approximate surface area is 101 Å². The number of rotatable bonds is 7. The molecular formula is C12H20O5. The molecule has 1 atom stereocenters. The van der Waals surface area contributed by atoms with Gasteiger partial charge < -0.3 is 9.84 Å². The van der Waals surface area contributed by atoms with Gasteiger partial charge in [-0.25, -0.2) is 4.79 Å². The minimum absolute atomic E-state index is 0.0767. The van der Waals surface area contributed by atoms with Gasteiger partial charge in [0.2, 0.25) is 0 Å². The number of hydrogen-bond donors (Lipinski definition) is 1. The first-order chi connectivity index (χ1) is 7.85. The Morgan fingerprint density at radius 3 is 1.94 bits per heavy atom. The van der Waals surface area contributed by atoms with Crippen LogP contribution in [0.4, 0.5) is 0 Å². The van der Waals surface area contributed by atoms with Crippen LogP contribution in [0.1, 0.15) is 47.0 Å². The van der Waals surface area contributed by atoms with E-state index >= 15 is 0 Å². The maximum Gasteiger partial charge on any atom is 0.376 e. The highest BCUT2D eigenvalue weighted by molar-refractivity contribution is 6.39. The molecule has 5 heteroatoms. The maximum absolute atomic E-state index is 11.9. The molecule has 0 aromatic carbocycles. The molecule has 0 aliphatic rings. The number of Topliss-reactive ketones (excluding diaryl/α,β-unsaturated/α-hetero) is 1. The molecule has 0 amide bonds. The number of ketones is 1. The molecule has 1 unspecified atom stereocenters. The van der Waals surface area contributed by atoms with Crippen molar-refractivity contribution >= 4 is 17.7 Å². The second kappa shape index (κ2) is 6.37. The van der Waals surface area contributed by atoms with Gasteiger partial charge in [-0.1, -0.05) is 20.8 Å². The Morgan fingerprint density at radius 1 is 1.18 bits per heavy atom. The van der Waals surface area contributed by atoms with Crippen LogP contribution in [0.2, 0.25) is 0 Å². The molecule has 17 heavy (non-hydrogen) atoms. The first-order valence-corrected chi connectivity index (χ1v) is 5.84. The van der Waals surface area contributed by atoms with Gasteiger partial charge in [0.1, 0.15) is 5.41 Å². The van der Waals surface area contributed by atoms with Gasteiger partial charge in [0.15, 0.2) is 0 Å². The Hall–Kier alpha value is -1.39. The first kappa shape index (κ1) is 15.6. The standard InChI is InChI=1S/C12H20O5/c1-5-8(4)17-10(14)9(13)12(6-2,7-3)11(15)16/h8H,5-7H2,1-4H3,(H,15,16). The molecule has 0 aliphatic heterocycles. The molecule has 0 saturated heterocycles. The summed E-state index contributed by atoms with van der Waals surface area (Å²) in [5, 5.41) is 9.11. The van der Waals surface area contributed by atoms with Crippen LogP contribution in [-0.2, 0) is 19.1 Å². The van der Waals surface area contributed by atoms with Crippen molar-refractivity contribution in [3.05, 3.63) is 0 Å². The van der Waals surface area contributed by atoms with Gasteiger partial charge in [0.05, 0.1) is 6.10 Å². The second-order valence-corrected chi connectivity index (χ2v) is 4.05. The summed E-state index contributed by atoms with van der Waals surface area (Å²) in [5.41, 5.74) is -1.65. The van der Waals surface area contributed by atoms with Crippen molar-refractivity contribution in [3.8, 4) is 0 Å². The lowest BCUT2D eigenvalue weighted by atomic mass is 9.78. The molecule has 0 aromatic heterocycles. The van der Waals surface area contributed by atoms with Crippen molar-refractivity contribution in [1.29, 1.82) is 0 Å². The Bertz CT molecular complexity index is 304. The zero-order chi connectivity index (χ0) is 13.6. The minimum Gasteiger partial charge on any atom is -0.480 e. The predicted molar refractivity (Wildman–Crippen MR) is 61.5 cm³/mol. The third-order valence-corrected chi connectivity index (χ3v) is 3.12. The van der Waals surface area contributed by atoms with Crippen LogP contribution in [0, 0.1) is 5.41 Å². The quantitative estimate of drug-likeness (QED) is 0.419. The monoisotopic (exact) mass is 244 g/mol. The maximum atomic E-state index is 11.9. The number of carbonyl (C=O) groups is 3. The molecule has 0 aliphatic carbocycles. The average Bonchev–Trinajstić information content (AvgIpc) is 2.30. The van der Waals surface area contributed by atoms with Crippen LogP contribution in [-0.4, -0.2) is 28.9 Å². The van der Waals surface area contributed by atoms with Crippen LogP contribution in [0.25, 0.3) is 0 Å². The van der Waals surface area contributed by atoms with Crippen molar-refractivity contribution < 1.29 is 24.2 Å². The number of hydrogen-bond acceptors (Lipinski definition) is 4. The van der Waals surface area contributed by atoms with E-state index in [-0.39, 0.29) is 18.9 Å². The molecule has 0 spiro atoms. The highest BCUT2D eigenvalue weighted by Gasteiger charge is 2.47. The SMILES string of the molecule is CCC(C)OC(=O)C(=O)C(CC)(CC)C(=O)O. The molecule has 98 valence electrons. The fourth-order valence-corrected chi connectivity index (χ4v) is 1.49. The summed E-state index contributed by atoms with van der Waals surface area (Å²) in [6.45, 7) is 6.62. The molecule has 0 bridgehead atoms. The summed E-state index contributed by atoms with van der Waals surface area (Å²) in [5.74, 6) is -3.28. The third kappa shape index (κ3) is 3.28. The molecule has 1 N–H and O–H groups in total. The number of carbonyl (C=O) groups excluding carboxylic acids is 2. The van der Waals surface area contributed by atoms with E-state index in [1.165, 1.54) is 0 Å². The topological polar surface area (TPSA) is 80.7 Å². The summed E-state index contributed by atoms with van der Waals surface area (Å²) >= 11 is 0. The van der Waals surface area contributed by atoms with Gasteiger partial charge in [-0.3, -0.25) is 9.59 Å². The largest absolute Gasteiger partial charge is 0.480 e. The lowest BCUT2D eigenvalue weighted by molar-refractivity contribution is -0.169. The van der Waals surface area contributed by atoms with Crippen molar-refractivity contribution in [3.63, 3.8) is 0 Å². The van der Waals surface area contributed by atoms with Crippen LogP contribution < -0.4 is 0 Å². The zero-order valence-electron chi connectivity index (χ0n) is 10.8. The molecule has 5 nitrogen and oxygen atoms in total. The molecule has 0 rings (SSSR count). The van der Waals surface area contributed by atoms with Crippen molar-refractivity contribution in [2.45, 2.75) is 53.1 Å². The summed E-state index contributed by atoms with van der Waals surface area (Å²) in [7, 11) is 0. The van der Waals surface area contributed by atoms with Crippen molar-refractivity contribution in [1.82, 2.24) is 0 Å². The normalized spacial score (nSPS) is 12.9. The Kier molecular flexibility index (Phi) is 5.85. The van der Waals surface area contributed by atoms with E-state index in [1.54, 1.807) is 20.8 Å². The highest BCUT2D eigenvalue weighted by atomic mass is 16.5. The average molecular weight is 244 g/mol. The van der Waals surface area contributed by atoms with Crippen LogP contribution in [0.5, 0.6) is 0 Å². The fourth-order valence-electron chi connectivity index (χ4n) is 1.49. The van der Waals surface area contributed by atoms with Gasteiger partial charge in [-0.15, -0.1) is 0 Å². The number of carboxylic acids is 1. The van der Waals surface area contributed by atoms with Gasteiger partial charge in [0, 0.05) is 0 Å². The van der Waals surface area contributed by atoms with E-state index in [1.807, 2.05) is 6.92 Å². The number of esters is 1. The van der Waals surface area contributed by atoms with Gasteiger partial charge in [0.25, 0.3) is 5.78 Å². The van der Waals surface area contributed by atoms with Gasteiger partial charge in [-0.05, 0) is 26.2 Å². The minimum atomic E-state index is -1.65. The highest BCUT2D eigenvalue weighted by Crippen LogP contribution is 2.28. The second-order valence-electron chi connectivity index (χ2n) is 4.05. The molecule has 0 aromatic rings. The van der Waals surface area contributed by atoms with E-state index in [9.17, 15) is 14.4 Å². The van der Waals surface area contributed by atoms with Crippen LogP contribution in [0.15, 0.2) is 0 Å². The van der Waals surface area contributed by atoms with Crippen molar-refractivity contribution in [2.24, 2.45) is 5.41 Å². The summed E-state index contributed by atoms with van der Waals surface area (Å²) in [4.78, 5) is 34.6. The van der Waals surface area contributed by atoms with E-state index in [0.717, 1.165) is 0 Å². The van der Waals surface area contributed by atoms with Crippen molar-refractivity contribution in [2.75, 3.05) is 0 Å². The van der Waals surface area contributed by atoms with E-state index in [4.69, 9.17) is 9.84 Å². The molecular weight excluding hydrogens is 224 g/mol. The summed E-state index contributed by atoms with van der Waals surface area (Å²) in [6.07, 6.45) is 0.351. The lowest BCUT2D eigenvalue weighted by Gasteiger charge is -2.24. The molecule has 0 radical (unpaired) electrons. The van der Waals surface area contributed by atoms with Crippen LogP contribution in [0.3, 0.4) is 0 Å². The smallest absolute Gasteiger partial charge is 0.376 e. The third-order valence-electron chi connectivity index (χ3n) is 3.12. The molecule has 0 saturated carbocycles. The van der Waals surface area contributed by atoms with Crippen LogP contribution >= 0.6 is 0 Å². The van der Waals surface area contributed by atoms with Gasteiger partial charge in [-0.2, -0.15) is 0 Å². The van der Waals surface area contributed by atoms with Gasteiger partial charge >= 0.3 is 11.9 Å². The molecule has 0 fully saturated rings. The summed E-state index contributed by atoms with van der Waals surface area (Å²) in [6, 6.07) is 0. The fraction of sp³-hybridized carbons (Fsp3) is 0.750. The number of carboxylic acid groups (broad SMARTS) is 1. The Balaban J connectivity index is 4.98. The number of aliphatic carboxylic acids is 1. The van der Waals surface area contributed by atoms with E-state index in [0.29, 0.717) is 6.42 Å². The van der Waals surface area contributed by atoms with E-state index in [2.05, 4.69) is 0 Å². The lowest BCUT2D eigenvalue weighted by Crippen LogP contribution is -2.43. The number of ether oxygens (including phenoxy) is 1. The Morgan fingerprint density at radius 2 is 1.65 bits per heavy atom. The zero-order valence-corrected chi connectivity index (χ0v) is 10.8. The van der Waals surface area contributed by atoms with E-state index < -0.39 is 23.1 Å². The first-order valence-electron chi connectivity index (χ1n) is 5.84. The summed E-state index contributed by atoms with van der Waals surface area (Å²) < 4.78 is 4.87. The molecule has 0 heterocycles. The predicted octanol–water partition coefficient (Wildman–Crippen LogP) is 1.79.